The third kappa shape index (κ3) is 4.08. The molecule has 1 atom stereocenters. The molecule has 1 aromatic heterocycles. The number of nitrogens with zero attached hydrogens (tertiary/aromatic N) is 3. The second-order valence-electron chi connectivity index (χ2n) is 5.99. The first-order valence-corrected chi connectivity index (χ1v) is 8.24. The molecule has 0 spiro atoms. The zero-order valence-electron chi connectivity index (χ0n) is 13.8. The molecule has 24 heavy (non-hydrogen) atoms. The largest absolute Gasteiger partial charge is 0.437 e. The minimum atomic E-state index is 0.0559. The fourth-order valence-corrected chi connectivity index (χ4v) is 3.04. The van der Waals surface area contributed by atoms with Crippen molar-refractivity contribution in [2.24, 2.45) is 5.92 Å². The van der Waals surface area contributed by atoms with Crippen molar-refractivity contribution in [3.63, 3.8) is 0 Å². The van der Waals surface area contributed by atoms with E-state index in [-0.39, 0.29) is 5.91 Å². The summed E-state index contributed by atoms with van der Waals surface area (Å²) >= 11 is 0. The van der Waals surface area contributed by atoms with Gasteiger partial charge in [-0.3, -0.25) is 9.78 Å². The zero-order valence-corrected chi connectivity index (χ0v) is 13.8. The Morgan fingerprint density at radius 1 is 1.42 bits per heavy atom. The van der Waals surface area contributed by atoms with E-state index in [0.29, 0.717) is 23.1 Å². The van der Waals surface area contributed by atoms with E-state index in [0.717, 1.165) is 26.1 Å². The number of ether oxygens (including phenoxy) is 1. The van der Waals surface area contributed by atoms with Gasteiger partial charge in [0.25, 0.3) is 5.91 Å². The summed E-state index contributed by atoms with van der Waals surface area (Å²) < 4.78 is 5.66. The van der Waals surface area contributed by atoms with Crippen molar-refractivity contribution in [2.45, 2.75) is 12.8 Å². The third-order valence-electron chi connectivity index (χ3n) is 4.14. The smallest absolute Gasteiger partial charge is 0.253 e. The van der Waals surface area contributed by atoms with Crippen molar-refractivity contribution in [3.8, 4) is 11.6 Å². The van der Waals surface area contributed by atoms with Crippen LogP contribution in [0.4, 0.5) is 0 Å². The summed E-state index contributed by atoms with van der Waals surface area (Å²) in [6.45, 7) is 2.56. The van der Waals surface area contributed by atoms with Gasteiger partial charge >= 0.3 is 0 Å². The molecule has 1 fully saturated rings. The van der Waals surface area contributed by atoms with E-state index < -0.39 is 0 Å². The summed E-state index contributed by atoms with van der Waals surface area (Å²) in [4.78, 5) is 22.8. The number of hydrogen-bond acceptors (Lipinski definition) is 5. The Balaban J connectivity index is 1.70. The average molecular weight is 326 g/mol. The third-order valence-corrected chi connectivity index (χ3v) is 4.14. The number of piperidine rings is 1. The molecule has 1 aliphatic heterocycles. The molecule has 0 radical (unpaired) electrons. The van der Waals surface area contributed by atoms with Crippen LogP contribution < -0.4 is 10.1 Å². The molecule has 1 amide bonds. The van der Waals surface area contributed by atoms with Crippen LogP contribution in [-0.2, 0) is 0 Å². The first-order chi connectivity index (χ1) is 11.8. The lowest BCUT2D eigenvalue weighted by atomic mass is 9.97. The molecule has 1 saturated heterocycles. The summed E-state index contributed by atoms with van der Waals surface area (Å²) in [5.74, 6) is 1.58. The molecule has 6 nitrogen and oxygen atoms in total. The summed E-state index contributed by atoms with van der Waals surface area (Å²) in [5, 5.41) is 3.20. The molecule has 0 saturated carbocycles. The molecular weight excluding hydrogens is 304 g/mol. The minimum Gasteiger partial charge on any atom is -0.437 e. The van der Waals surface area contributed by atoms with Crippen LogP contribution in [0.25, 0.3) is 0 Å². The maximum Gasteiger partial charge on any atom is 0.253 e. The topological polar surface area (TPSA) is 67.4 Å². The van der Waals surface area contributed by atoms with Gasteiger partial charge in [-0.25, -0.2) is 4.98 Å². The van der Waals surface area contributed by atoms with E-state index in [2.05, 4.69) is 15.3 Å². The number of benzene rings is 1. The Labute approximate surface area is 141 Å². The number of amides is 1. The van der Waals surface area contributed by atoms with Crippen LogP contribution in [0.2, 0.25) is 0 Å². The van der Waals surface area contributed by atoms with Gasteiger partial charge in [-0.15, -0.1) is 0 Å². The predicted octanol–water partition coefficient (Wildman–Crippen LogP) is 2.34. The van der Waals surface area contributed by atoms with Crippen LogP contribution in [0.5, 0.6) is 11.6 Å². The van der Waals surface area contributed by atoms with Gasteiger partial charge in [0.2, 0.25) is 5.88 Å². The second-order valence-corrected chi connectivity index (χ2v) is 5.99. The summed E-state index contributed by atoms with van der Waals surface area (Å²) in [7, 11) is 1.95. The van der Waals surface area contributed by atoms with Crippen molar-refractivity contribution < 1.29 is 9.53 Å². The van der Waals surface area contributed by atoms with Crippen molar-refractivity contribution in [1.82, 2.24) is 20.2 Å². The van der Waals surface area contributed by atoms with Crippen molar-refractivity contribution in [1.29, 1.82) is 0 Å². The number of carbonyl (C=O) groups excluding carboxylic acids is 1. The monoisotopic (exact) mass is 326 g/mol. The van der Waals surface area contributed by atoms with Crippen molar-refractivity contribution in [2.75, 3.05) is 26.7 Å². The Kier molecular flexibility index (Phi) is 5.38. The maximum atomic E-state index is 12.8. The normalized spacial score (nSPS) is 17.5. The van der Waals surface area contributed by atoms with Gasteiger partial charge in [-0.1, -0.05) is 6.07 Å². The molecule has 2 heterocycles. The van der Waals surface area contributed by atoms with Gasteiger partial charge in [0, 0.05) is 31.0 Å². The van der Waals surface area contributed by atoms with E-state index in [1.165, 1.54) is 6.42 Å². The first kappa shape index (κ1) is 16.4. The highest BCUT2D eigenvalue weighted by atomic mass is 16.5. The molecule has 1 N–H and O–H groups in total. The molecule has 0 unspecified atom stereocenters. The van der Waals surface area contributed by atoms with E-state index in [9.17, 15) is 4.79 Å². The van der Waals surface area contributed by atoms with Crippen LogP contribution in [-0.4, -0.2) is 47.5 Å². The van der Waals surface area contributed by atoms with Gasteiger partial charge < -0.3 is 15.0 Å². The summed E-state index contributed by atoms with van der Waals surface area (Å²) in [6.07, 6.45) is 6.92. The predicted molar refractivity (Wildman–Crippen MR) is 91.1 cm³/mol. The lowest BCUT2D eigenvalue weighted by Gasteiger charge is -2.32. The minimum absolute atomic E-state index is 0.0559. The van der Waals surface area contributed by atoms with Crippen LogP contribution in [0.1, 0.15) is 23.2 Å². The maximum absolute atomic E-state index is 12.8. The number of carbonyl (C=O) groups is 1. The standard InChI is InChI=1S/C18H22N4O2/c1-19-11-14-4-3-9-22(13-14)18(23)15-5-2-6-16(10-15)24-17-12-20-7-8-21-17/h2,5-8,10,12,14,19H,3-4,9,11,13H2,1H3/t14-/m1/s1. The molecule has 0 aliphatic carbocycles. The van der Waals surface area contributed by atoms with Gasteiger partial charge in [-0.05, 0) is 50.6 Å². The van der Waals surface area contributed by atoms with Crippen molar-refractivity contribution >= 4 is 5.91 Å². The Hall–Kier alpha value is -2.47. The molecule has 2 aromatic rings. The highest BCUT2D eigenvalue weighted by Gasteiger charge is 2.24. The SMILES string of the molecule is CNC[C@H]1CCCN(C(=O)c2cccc(Oc3cnccn3)c2)C1. The van der Waals surface area contributed by atoms with E-state index >= 15 is 0 Å². The van der Waals surface area contributed by atoms with Crippen LogP contribution >= 0.6 is 0 Å². The van der Waals surface area contributed by atoms with Crippen LogP contribution in [0.3, 0.4) is 0 Å². The molecule has 6 heteroatoms. The lowest BCUT2D eigenvalue weighted by Crippen LogP contribution is -2.42. The number of hydrogen-bond donors (Lipinski definition) is 1. The van der Waals surface area contributed by atoms with Gasteiger partial charge in [0.05, 0.1) is 6.20 Å². The molecule has 126 valence electrons. The molecule has 1 aromatic carbocycles. The lowest BCUT2D eigenvalue weighted by molar-refractivity contribution is 0.0674. The molecular formula is C18H22N4O2. The van der Waals surface area contributed by atoms with Gasteiger partial charge in [0.15, 0.2) is 0 Å². The fraction of sp³-hybridized carbons (Fsp3) is 0.389. The number of aromatic nitrogens is 2. The average Bonchev–Trinajstić information content (AvgIpc) is 2.63. The van der Waals surface area contributed by atoms with Crippen LogP contribution in [0.15, 0.2) is 42.9 Å². The van der Waals surface area contributed by atoms with E-state index in [4.69, 9.17) is 4.74 Å². The second kappa shape index (κ2) is 7.88. The highest BCUT2D eigenvalue weighted by Crippen LogP contribution is 2.22. The van der Waals surface area contributed by atoms with Gasteiger partial charge in [0.1, 0.15) is 5.75 Å². The summed E-state index contributed by atoms with van der Waals surface area (Å²) in [6, 6.07) is 7.23. The zero-order chi connectivity index (χ0) is 16.8. The van der Waals surface area contributed by atoms with Crippen molar-refractivity contribution in [3.05, 3.63) is 48.4 Å². The molecule has 0 bridgehead atoms. The Morgan fingerprint density at radius 3 is 3.12 bits per heavy atom. The highest BCUT2D eigenvalue weighted by molar-refractivity contribution is 5.94. The molecule has 3 rings (SSSR count). The number of likely N-dealkylation sites (tertiary alicyclic amines) is 1. The Bertz CT molecular complexity index is 676. The molecule has 1 aliphatic rings. The summed E-state index contributed by atoms with van der Waals surface area (Å²) in [5.41, 5.74) is 0.640. The Morgan fingerprint density at radius 2 is 2.33 bits per heavy atom. The fourth-order valence-electron chi connectivity index (χ4n) is 3.04. The number of rotatable bonds is 5. The van der Waals surface area contributed by atoms with E-state index in [1.54, 1.807) is 24.7 Å². The quantitative estimate of drug-likeness (QED) is 0.913. The first-order valence-electron chi connectivity index (χ1n) is 8.24. The van der Waals surface area contributed by atoms with E-state index in [1.807, 2.05) is 30.1 Å². The van der Waals surface area contributed by atoms with Crippen LogP contribution in [0, 0.1) is 5.92 Å². The number of nitrogens with one attached hydrogen (secondary N) is 1. The van der Waals surface area contributed by atoms with Gasteiger partial charge in [-0.2, -0.15) is 0 Å².